The van der Waals surface area contributed by atoms with Gasteiger partial charge in [0.05, 0.1) is 10.6 Å². The van der Waals surface area contributed by atoms with E-state index in [1.807, 2.05) is 0 Å². The number of primary amides is 1. The standard InChI is InChI=1S/C12H15ClN2O3/c1-7(5-11(14)17)15(2)12(18)9-6-8(16)3-4-10(9)13/h3-4,6-7,16H,5H2,1-2H3,(H2,14,17). The molecule has 1 rings (SSSR count). The van der Waals surface area contributed by atoms with Gasteiger partial charge in [0.1, 0.15) is 5.75 Å². The topological polar surface area (TPSA) is 83.6 Å². The highest BCUT2D eigenvalue weighted by Gasteiger charge is 2.21. The van der Waals surface area contributed by atoms with Gasteiger partial charge in [-0.2, -0.15) is 0 Å². The van der Waals surface area contributed by atoms with Crippen LogP contribution in [0.25, 0.3) is 0 Å². The fourth-order valence-corrected chi connectivity index (χ4v) is 1.69. The van der Waals surface area contributed by atoms with E-state index < -0.39 is 5.91 Å². The summed E-state index contributed by atoms with van der Waals surface area (Å²) in [6, 6.07) is 3.79. The van der Waals surface area contributed by atoms with Gasteiger partial charge in [-0.3, -0.25) is 9.59 Å². The summed E-state index contributed by atoms with van der Waals surface area (Å²) in [4.78, 5) is 24.3. The Morgan fingerprint density at radius 3 is 2.67 bits per heavy atom. The molecule has 3 N–H and O–H groups in total. The van der Waals surface area contributed by atoms with Crippen LogP contribution in [0.1, 0.15) is 23.7 Å². The summed E-state index contributed by atoms with van der Waals surface area (Å²) in [6.07, 6.45) is 0.0681. The number of hydrogen-bond acceptors (Lipinski definition) is 3. The second kappa shape index (κ2) is 5.73. The van der Waals surface area contributed by atoms with Crippen molar-refractivity contribution in [2.24, 2.45) is 5.73 Å². The second-order valence-corrected chi connectivity index (χ2v) is 4.51. The number of nitrogens with zero attached hydrogens (tertiary/aromatic N) is 1. The molecular formula is C12H15ClN2O3. The van der Waals surface area contributed by atoms with E-state index in [0.29, 0.717) is 0 Å². The lowest BCUT2D eigenvalue weighted by Crippen LogP contribution is -2.37. The highest BCUT2D eigenvalue weighted by molar-refractivity contribution is 6.33. The van der Waals surface area contributed by atoms with Crippen molar-refractivity contribution < 1.29 is 14.7 Å². The average molecular weight is 271 g/mol. The Balaban J connectivity index is 2.92. The maximum Gasteiger partial charge on any atom is 0.255 e. The van der Waals surface area contributed by atoms with Gasteiger partial charge in [-0.1, -0.05) is 11.6 Å². The zero-order valence-electron chi connectivity index (χ0n) is 10.2. The molecule has 0 aliphatic carbocycles. The Bertz CT molecular complexity index is 476. The van der Waals surface area contributed by atoms with Crippen molar-refractivity contribution in [3.8, 4) is 5.75 Å². The first-order valence-corrected chi connectivity index (χ1v) is 5.74. The molecule has 0 aromatic heterocycles. The molecule has 6 heteroatoms. The average Bonchev–Trinajstić information content (AvgIpc) is 2.29. The van der Waals surface area contributed by atoms with Crippen molar-refractivity contribution in [1.82, 2.24) is 4.90 Å². The van der Waals surface area contributed by atoms with Crippen LogP contribution >= 0.6 is 11.6 Å². The SMILES string of the molecule is CC(CC(N)=O)N(C)C(=O)c1cc(O)ccc1Cl. The summed E-state index contributed by atoms with van der Waals surface area (Å²) < 4.78 is 0. The summed E-state index contributed by atoms with van der Waals surface area (Å²) in [6.45, 7) is 1.71. The third kappa shape index (κ3) is 3.37. The molecule has 1 atom stereocenters. The van der Waals surface area contributed by atoms with Gasteiger partial charge in [0.2, 0.25) is 5.91 Å². The van der Waals surface area contributed by atoms with Crippen molar-refractivity contribution in [3.05, 3.63) is 28.8 Å². The van der Waals surface area contributed by atoms with Gasteiger partial charge in [-0.25, -0.2) is 0 Å². The Kier molecular flexibility index (Phi) is 4.55. The zero-order valence-corrected chi connectivity index (χ0v) is 10.9. The summed E-state index contributed by atoms with van der Waals surface area (Å²) >= 11 is 5.90. The summed E-state index contributed by atoms with van der Waals surface area (Å²) in [5, 5.41) is 9.59. The van der Waals surface area contributed by atoms with Crippen molar-refractivity contribution in [2.75, 3.05) is 7.05 Å². The van der Waals surface area contributed by atoms with Crippen molar-refractivity contribution in [2.45, 2.75) is 19.4 Å². The minimum atomic E-state index is -0.482. The first-order chi connectivity index (χ1) is 8.32. The molecule has 0 saturated carbocycles. The van der Waals surface area contributed by atoms with E-state index in [1.165, 1.54) is 23.1 Å². The number of halogens is 1. The van der Waals surface area contributed by atoms with Crippen molar-refractivity contribution >= 4 is 23.4 Å². The van der Waals surface area contributed by atoms with Crippen LogP contribution in [0.3, 0.4) is 0 Å². The minimum absolute atomic E-state index is 0.0429. The lowest BCUT2D eigenvalue weighted by Gasteiger charge is -2.24. The minimum Gasteiger partial charge on any atom is -0.508 e. The maximum absolute atomic E-state index is 12.1. The van der Waals surface area contributed by atoms with Gasteiger partial charge in [0.25, 0.3) is 5.91 Å². The van der Waals surface area contributed by atoms with Crippen LogP contribution in [-0.4, -0.2) is 34.9 Å². The highest BCUT2D eigenvalue weighted by atomic mass is 35.5. The highest BCUT2D eigenvalue weighted by Crippen LogP contribution is 2.23. The monoisotopic (exact) mass is 270 g/mol. The van der Waals surface area contributed by atoms with Gasteiger partial charge < -0.3 is 15.7 Å². The quantitative estimate of drug-likeness (QED) is 0.867. The summed E-state index contributed by atoms with van der Waals surface area (Å²) in [5.41, 5.74) is 5.27. The fraction of sp³-hybridized carbons (Fsp3) is 0.333. The molecule has 98 valence electrons. The molecule has 1 aromatic rings. The maximum atomic E-state index is 12.1. The largest absolute Gasteiger partial charge is 0.508 e. The lowest BCUT2D eigenvalue weighted by molar-refractivity contribution is -0.118. The van der Waals surface area contributed by atoms with Crippen LogP contribution < -0.4 is 5.73 Å². The Morgan fingerprint density at radius 1 is 1.50 bits per heavy atom. The number of carbonyl (C=O) groups excluding carboxylic acids is 2. The summed E-state index contributed by atoms with van der Waals surface area (Å²) in [7, 11) is 1.55. The Morgan fingerprint density at radius 2 is 2.11 bits per heavy atom. The molecule has 1 aromatic carbocycles. The number of benzene rings is 1. The first-order valence-electron chi connectivity index (χ1n) is 5.37. The van der Waals surface area contributed by atoms with Crippen molar-refractivity contribution in [3.63, 3.8) is 0 Å². The molecule has 1 unspecified atom stereocenters. The van der Waals surface area contributed by atoms with Crippen LogP contribution in [0.5, 0.6) is 5.75 Å². The number of hydrogen-bond donors (Lipinski definition) is 2. The van der Waals surface area contributed by atoms with E-state index in [-0.39, 0.29) is 34.7 Å². The van der Waals surface area contributed by atoms with E-state index >= 15 is 0 Å². The fourth-order valence-electron chi connectivity index (χ4n) is 1.50. The van der Waals surface area contributed by atoms with Gasteiger partial charge in [-0.15, -0.1) is 0 Å². The van der Waals surface area contributed by atoms with Crippen LogP contribution in [0.2, 0.25) is 5.02 Å². The molecule has 0 bridgehead atoms. The van der Waals surface area contributed by atoms with Gasteiger partial charge >= 0.3 is 0 Å². The molecule has 5 nitrogen and oxygen atoms in total. The number of aromatic hydroxyl groups is 1. The van der Waals surface area contributed by atoms with Gasteiger partial charge in [-0.05, 0) is 25.1 Å². The van der Waals surface area contributed by atoms with Crippen LogP contribution in [0.4, 0.5) is 0 Å². The molecule has 0 aliphatic heterocycles. The van der Waals surface area contributed by atoms with Gasteiger partial charge in [0, 0.05) is 19.5 Å². The predicted octanol–water partition coefficient (Wildman–Crippen LogP) is 1.38. The molecule has 0 spiro atoms. The molecule has 0 fully saturated rings. The number of nitrogens with two attached hydrogens (primary N) is 1. The van der Waals surface area contributed by atoms with E-state index in [0.717, 1.165) is 0 Å². The Hall–Kier alpha value is -1.75. The normalized spacial score (nSPS) is 11.9. The predicted molar refractivity (Wildman–Crippen MR) is 68.5 cm³/mol. The zero-order chi connectivity index (χ0) is 13.9. The van der Waals surface area contributed by atoms with E-state index in [2.05, 4.69) is 0 Å². The van der Waals surface area contributed by atoms with Crippen LogP contribution in [0, 0.1) is 0 Å². The number of carbonyl (C=O) groups is 2. The second-order valence-electron chi connectivity index (χ2n) is 4.10. The number of amides is 2. The van der Waals surface area contributed by atoms with E-state index in [9.17, 15) is 14.7 Å². The smallest absolute Gasteiger partial charge is 0.255 e. The molecule has 0 heterocycles. The van der Waals surface area contributed by atoms with E-state index in [4.69, 9.17) is 17.3 Å². The molecule has 0 saturated heterocycles. The molecule has 2 amide bonds. The number of rotatable bonds is 4. The third-order valence-corrected chi connectivity index (χ3v) is 2.99. The molecule has 18 heavy (non-hydrogen) atoms. The van der Waals surface area contributed by atoms with Gasteiger partial charge in [0.15, 0.2) is 0 Å². The van der Waals surface area contributed by atoms with Crippen LogP contribution in [-0.2, 0) is 4.79 Å². The molecular weight excluding hydrogens is 256 g/mol. The van der Waals surface area contributed by atoms with E-state index in [1.54, 1.807) is 14.0 Å². The summed E-state index contributed by atoms with van der Waals surface area (Å²) in [5.74, 6) is -0.896. The lowest BCUT2D eigenvalue weighted by atomic mass is 10.1. The number of phenols is 1. The molecule has 0 radical (unpaired) electrons. The first kappa shape index (κ1) is 14.3. The Labute approximate surface area is 110 Å². The number of phenolic OH excluding ortho intramolecular Hbond substituents is 1. The molecule has 0 aliphatic rings. The third-order valence-electron chi connectivity index (χ3n) is 2.66. The van der Waals surface area contributed by atoms with Crippen LogP contribution in [0.15, 0.2) is 18.2 Å². The van der Waals surface area contributed by atoms with Crippen molar-refractivity contribution in [1.29, 1.82) is 0 Å².